The van der Waals surface area contributed by atoms with Crippen molar-refractivity contribution < 1.29 is 4.74 Å². The van der Waals surface area contributed by atoms with Crippen LogP contribution in [0.1, 0.15) is 16.8 Å². The molecule has 0 aliphatic carbocycles. The molecular weight excluding hydrogens is 436 g/mol. The molecule has 0 aliphatic rings. The predicted molar refractivity (Wildman–Crippen MR) is 130 cm³/mol. The van der Waals surface area contributed by atoms with Gasteiger partial charge in [0.25, 0.3) is 0 Å². The summed E-state index contributed by atoms with van der Waals surface area (Å²) in [5.74, 6) is 1.90. The van der Waals surface area contributed by atoms with Crippen molar-refractivity contribution in [3.8, 4) is 39.8 Å². The van der Waals surface area contributed by atoms with Crippen molar-refractivity contribution in [3.05, 3.63) is 70.9 Å². The summed E-state index contributed by atoms with van der Waals surface area (Å²) in [6, 6.07) is 10.1. The molecule has 0 spiro atoms. The van der Waals surface area contributed by atoms with Crippen LogP contribution in [0.5, 0.6) is 5.75 Å². The average molecular weight is 459 g/mol. The summed E-state index contributed by atoms with van der Waals surface area (Å²) in [5, 5.41) is 5.11. The van der Waals surface area contributed by atoms with Crippen molar-refractivity contribution >= 4 is 17.1 Å². The number of benzene rings is 1. The Bertz CT molecular complexity index is 1500. The van der Waals surface area contributed by atoms with Gasteiger partial charge in [-0.3, -0.25) is 4.98 Å². The van der Waals surface area contributed by atoms with Gasteiger partial charge in [-0.1, -0.05) is 23.7 Å². The maximum Gasteiger partial charge on any atom is 0.217 e. The summed E-state index contributed by atoms with van der Waals surface area (Å²) in [6.45, 7) is 6.09. The first-order valence-corrected chi connectivity index (χ1v) is 10.9. The largest absolute Gasteiger partial charge is 0.496 e. The van der Waals surface area contributed by atoms with Gasteiger partial charge in [0.1, 0.15) is 11.3 Å². The normalized spacial score (nSPS) is 11.3. The van der Waals surface area contributed by atoms with Crippen molar-refractivity contribution in [3.63, 3.8) is 0 Å². The highest BCUT2D eigenvalue weighted by atomic mass is 35.5. The number of ether oxygens (including phenoxy) is 1. The molecule has 166 valence electrons. The van der Waals surface area contributed by atoms with Crippen LogP contribution in [-0.4, -0.2) is 36.2 Å². The summed E-state index contributed by atoms with van der Waals surface area (Å²) in [6.07, 6.45) is 5.54. The number of pyridine rings is 1. The number of hydrogen-bond acceptors (Lipinski definition) is 5. The molecule has 0 unspecified atom stereocenters. The molecule has 0 atom stereocenters. The van der Waals surface area contributed by atoms with Gasteiger partial charge in [-0.05, 0) is 55.7 Å². The van der Waals surface area contributed by atoms with Gasteiger partial charge in [0.05, 0.1) is 12.8 Å². The third-order valence-electron chi connectivity index (χ3n) is 5.76. The third kappa shape index (κ3) is 3.54. The molecule has 0 radical (unpaired) electrons. The molecule has 5 aromatic rings. The van der Waals surface area contributed by atoms with E-state index in [-0.39, 0.29) is 0 Å². The van der Waals surface area contributed by atoms with Crippen molar-refractivity contribution in [1.82, 2.24) is 29.1 Å². The Labute approximate surface area is 196 Å². The molecule has 0 fully saturated rings. The second-order valence-electron chi connectivity index (χ2n) is 8.10. The van der Waals surface area contributed by atoms with Crippen LogP contribution in [0.4, 0.5) is 0 Å². The Hall–Kier alpha value is -3.71. The lowest BCUT2D eigenvalue weighted by Gasteiger charge is -2.12. The van der Waals surface area contributed by atoms with Crippen LogP contribution in [-0.2, 0) is 7.05 Å². The number of imidazole rings is 1. The number of methoxy groups -OCH3 is 1. The van der Waals surface area contributed by atoms with E-state index in [0.717, 1.165) is 45.0 Å². The lowest BCUT2D eigenvalue weighted by Crippen LogP contribution is -2.02. The standard InChI is InChI=1S/C25H23ClN6O/c1-14-11-15(2)28-19(12-14)21-18(17-7-6-8-20(33-5)16(17)3)13-32-22(21)23(26)29-24(30-32)25-27-9-10-31(25)4/h6-13H,1-5H3. The molecular formula is C25H23ClN6O. The molecule has 0 bridgehead atoms. The molecule has 0 aliphatic heterocycles. The summed E-state index contributed by atoms with van der Waals surface area (Å²) in [5.41, 5.74) is 7.45. The third-order valence-corrected chi connectivity index (χ3v) is 6.02. The first-order chi connectivity index (χ1) is 15.9. The Morgan fingerprint density at radius 2 is 1.85 bits per heavy atom. The molecule has 5 rings (SSSR count). The van der Waals surface area contributed by atoms with E-state index in [1.165, 1.54) is 0 Å². The van der Waals surface area contributed by atoms with Gasteiger partial charge in [0, 0.05) is 42.5 Å². The topological polar surface area (TPSA) is 70.1 Å². The fraction of sp³-hybridized carbons (Fsp3) is 0.200. The Morgan fingerprint density at radius 3 is 2.55 bits per heavy atom. The van der Waals surface area contributed by atoms with E-state index in [4.69, 9.17) is 26.4 Å². The molecule has 8 heteroatoms. The van der Waals surface area contributed by atoms with E-state index >= 15 is 0 Å². The minimum atomic E-state index is 0.339. The minimum absolute atomic E-state index is 0.339. The zero-order valence-electron chi connectivity index (χ0n) is 19.1. The maximum atomic E-state index is 6.80. The monoisotopic (exact) mass is 458 g/mol. The molecule has 0 saturated carbocycles. The summed E-state index contributed by atoms with van der Waals surface area (Å²) in [4.78, 5) is 13.8. The van der Waals surface area contributed by atoms with Crippen LogP contribution in [0.3, 0.4) is 0 Å². The molecule has 0 N–H and O–H groups in total. The average Bonchev–Trinajstić information content (AvgIpc) is 3.37. The number of nitrogens with zero attached hydrogens (tertiary/aromatic N) is 6. The SMILES string of the molecule is COc1cccc(-c2cn3nc(-c4nccn4C)nc(Cl)c3c2-c2cc(C)cc(C)n2)c1C. The fourth-order valence-electron chi connectivity index (χ4n) is 4.28. The highest BCUT2D eigenvalue weighted by Gasteiger charge is 2.23. The summed E-state index contributed by atoms with van der Waals surface area (Å²) < 4.78 is 9.22. The van der Waals surface area contributed by atoms with E-state index in [2.05, 4.69) is 35.1 Å². The molecule has 0 amide bonds. The lowest BCUT2D eigenvalue weighted by atomic mass is 9.96. The van der Waals surface area contributed by atoms with Gasteiger partial charge in [-0.2, -0.15) is 0 Å². The number of aromatic nitrogens is 6. The van der Waals surface area contributed by atoms with Gasteiger partial charge in [0.15, 0.2) is 11.0 Å². The van der Waals surface area contributed by atoms with Crippen molar-refractivity contribution in [1.29, 1.82) is 0 Å². The quantitative estimate of drug-likeness (QED) is 0.358. The number of fused-ring (bicyclic) bond motifs is 1. The smallest absolute Gasteiger partial charge is 0.217 e. The van der Waals surface area contributed by atoms with Crippen LogP contribution >= 0.6 is 11.6 Å². The van der Waals surface area contributed by atoms with Crippen LogP contribution in [0, 0.1) is 20.8 Å². The predicted octanol–water partition coefficient (Wildman–Crippen LogP) is 5.45. The fourth-order valence-corrected chi connectivity index (χ4v) is 4.54. The van der Waals surface area contributed by atoms with E-state index in [1.807, 2.05) is 50.0 Å². The highest BCUT2D eigenvalue weighted by molar-refractivity contribution is 6.33. The minimum Gasteiger partial charge on any atom is -0.496 e. The van der Waals surface area contributed by atoms with Gasteiger partial charge in [0.2, 0.25) is 5.82 Å². The number of aryl methyl sites for hydroxylation is 3. The number of rotatable bonds is 4. The van der Waals surface area contributed by atoms with Crippen molar-refractivity contribution in [2.24, 2.45) is 7.05 Å². The van der Waals surface area contributed by atoms with Crippen LogP contribution in [0.25, 0.3) is 39.5 Å². The van der Waals surface area contributed by atoms with Gasteiger partial charge < -0.3 is 9.30 Å². The zero-order chi connectivity index (χ0) is 23.3. The summed E-state index contributed by atoms with van der Waals surface area (Å²) in [7, 11) is 3.57. The molecule has 33 heavy (non-hydrogen) atoms. The molecule has 4 aromatic heterocycles. The number of hydrogen-bond donors (Lipinski definition) is 0. The van der Waals surface area contributed by atoms with E-state index < -0.39 is 0 Å². The van der Waals surface area contributed by atoms with E-state index in [0.29, 0.717) is 22.3 Å². The van der Waals surface area contributed by atoms with Crippen LogP contribution in [0.15, 0.2) is 48.9 Å². The first-order valence-electron chi connectivity index (χ1n) is 10.5. The second-order valence-corrected chi connectivity index (χ2v) is 8.46. The Morgan fingerprint density at radius 1 is 1.03 bits per heavy atom. The molecule has 0 saturated heterocycles. The van der Waals surface area contributed by atoms with Crippen molar-refractivity contribution in [2.75, 3.05) is 7.11 Å². The zero-order valence-corrected chi connectivity index (χ0v) is 19.8. The summed E-state index contributed by atoms with van der Waals surface area (Å²) >= 11 is 6.80. The van der Waals surface area contributed by atoms with Gasteiger partial charge in [-0.15, -0.1) is 5.10 Å². The lowest BCUT2D eigenvalue weighted by molar-refractivity contribution is 0.412. The molecule has 7 nitrogen and oxygen atoms in total. The number of halogens is 1. The van der Waals surface area contributed by atoms with Crippen LogP contribution < -0.4 is 4.74 Å². The van der Waals surface area contributed by atoms with Gasteiger partial charge >= 0.3 is 0 Å². The van der Waals surface area contributed by atoms with E-state index in [1.54, 1.807) is 17.8 Å². The van der Waals surface area contributed by atoms with Crippen LogP contribution in [0.2, 0.25) is 5.15 Å². The Kier molecular flexibility index (Phi) is 5.13. The molecule has 4 heterocycles. The molecule has 1 aromatic carbocycles. The van der Waals surface area contributed by atoms with E-state index in [9.17, 15) is 0 Å². The maximum absolute atomic E-state index is 6.80. The highest BCUT2D eigenvalue weighted by Crippen LogP contribution is 2.41. The second kappa shape index (κ2) is 8.01. The Balaban J connectivity index is 1.87. The van der Waals surface area contributed by atoms with Gasteiger partial charge in [-0.25, -0.2) is 14.5 Å². The first kappa shape index (κ1) is 21.2. The van der Waals surface area contributed by atoms with Crippen molar-refractivity contribution in [2.45, 2.75) is 20.8 Å².